The molecule has 0 atom stereocenters. The second-order valence-corrected chi connectivity index (χ2v) is 7.32. The topological polar surface area (TPSA) is 44.8 Å². The molecule has 1 aliphatic heterocycles. The molecule has 144 valence electrons. The molecule has 0 aliphatic carbocycles. The van der Waals surface area contributed by atoms with Crippen LogP contribution in [0.2, 0.25) is 0 Å². The SMILES string of the molecule is COc1ccc(CN2CCN(C(=O)Nc3ccc(C(C)C)cc3)CC2)cc1. The van der Waals surface area contributed by atoms with E-state index in [1.54, 1.807) is 7.11 Å². The summed E-state index contributed by atoms with van der Waals surface area (Å²) in [5, 5.41) is 3.01. The second-order valence-electron chi connectivity index (χ2n) is 7.32. The van der Waals surface area contributed by atoms with Gasteiger partial charge in [0.15, 0.2) is 0 Å². The number of nitrogens with zero attached hydrogens (tertiary/aromatic N) is 2. The molecular formula is C22H29N3O2. The minimum Gasteiger partial charge on any atom is -0.497 e. The van der Waals surface area contributed by atoms with Gasteiger partial charge in [-0.2, -0.15) is 0 Å². The van der Waals surface area contributed by atoms with E-state index in [1.807, 2.05) is 29.2 Å². The maximum atomic E-state index is 12.5. The lowest BCUT2D eigenvalue weighted by Crippen LogP contribution is -2.49. The van der Waals surface area contributed by atoms with E-state index >= 15 is 0 Å². The van der Waals surface area contributed by atoms with Crippen molar-refractivity contribution in [2.24, 2.45) is 0 Å². The van der Waals surface area contributed by atoms with E-state index in [4.69, 9.17) is 4.74 Å². The van der Waals surface area contributed by atoms with Crippen LogP contribution in [-0.4, -0.2) is 49.1 Å². The molecule has 5 heteroatoms. The van der Waals surface area contributed by atoms with E-state index in [2.05, 4.69) is 48.3 Å². The number of hydrogen-bond donors (Lipinski definition) is 1. The number of anilines is 1. The standard InChI is InChI=1S/C22H29N3O2/c1-17(2)19-6-8-20(9-7-19)23-22(26)25-14-12-24(13-15-25)16-18-4-10-21(27-3)11-5-18/h4-11,17H,12-16H2,1-3H3,(H,23,26). The number of amides is 2. The minimum absolute atomic E-state index is 0.0172. The van der Waals surface area contributed by atoms with Crippen LogP contribution in [0, 0.1) is 0 Å². The molecule has 0 unspecified atom stereocenters. The fourth-order valence-corrected chi connectivity index (χ4v) is 3.25. The smallest absolute Gasteiger partial charge is 0.321 e. The Bertz CT molecular complexity index is 733. The van der Waals surface area contributed by atoms with Gasteiger partial charge in [-0.05, 0) is 41.3 Å². The molecule has 1 aliphatic rings. The number of carbonyl (C=O) groups is 1. The Morgan fingerprint density at radius 1 is 1.00 bits per heavy atom. The van der Waals surface area contributed by atoms with Crippen molar-refractivity contribution in [2.45, 2.75) is 26.3 Å². The van der Waals surface area contributed by atoms with Gasteiger partial charge in [0.1, 0.15) is 5.75 Å². The predicted molar refractivity (Wildman–Crippen MR) is 109 cm³/mol. The Labute approximate surface area is 161 Å². The van der Waals surface area contributed by atoms with Crippen molar-refractivity contribution in [2.75, 3.05) is 38.6 Å². The summed E-state index contributed by atoms with van der Waals surface area (Å²) in [5.74, 6) is 1.37. The lowest BCUT2D eigenvalue weighted by atomic mass is 10.0. The average molecular weight is 367 g/mol. The Balaban J connectivity index is 1.47. The van der Waals surface area contributed by atoms with E-state index in [0.717, 1.165) is 44.2 Å². The van der Waals surface area contributed by atoms with Crippen molar-refractivity contribution < 1.29 is 9.53 Å². The Kier molecular flexibility index (Phi) is 6.35. The van der Waals surface area contributed by atoms with E-state index in [1.165, 1.54) is 11.1 Å². The lowest BCUT2D eigenvalue weighted by Gasteiger charge is -2.34. The third-order valence-electron chi connectivity index (χ3n) is 5.05. The zero-order chi connectivity index (χ0) is 19.2. The highest BCUT2D eigenvalue weighted by atomic mass is 16.5. The Morgan fingerprint density at radius 2 is 1.63 bits per heavy atom. The van der Waals surface area contributed by atoms with Crippen LogP contribution in [0.3, 0.4) is 0 Å². The van der Waals surface area contributed by atoms with Gasteiger partial charge in [-0.1, -0.05) is 38.1 Å². The first-order valence-corrected chi connectivity index (χ1v) is 9.56. The Hall–Kier alpha value is -2.53. The van der Waals surface area contributed by atoms with Crippen LogP contribution in [0.4, 0.5) is 10.5 Å². The third-order valence-corrected chi connectivity index (χ3v) is 5.05. The molecule has 0 aromatic heterocycles. The monoisotopic (exact) mass is 367 g/mol. The number of hydrogen-bond acceptors (Lipinski definition) is 3. The normalized spacial score (nSPS) is 15.0. The minimum atomic E-state index is -0.0172. The summed E-state index contributed by atoms with van der Waals surface area (Å²) in [6, 6.07) is 16.3. The molecule has 0 spiro atoms. The molecule has 1 saturated heterocycles. The number of carbonyl (C=O) groups excluding carboxylic acids is 1. The molecule has 2 amide bonds. The van der Waals surface area contributed by atoms with Crippen LogP contribution in [0.25, 0.3) is 0 Å². The maximum absolute atomic E-state index is 12.5. The first kappa shape index (κ1) is 19.2. The summed E-state index contributed by atoms with van der Waals surface area (Å²) in [5.41, 5.74) is 3.39. The van der Waals surface area contributed by atoms with Gasteiger partial charge in [-0.25, -0.2) is 4.79 Å². The first-order valence-electron chi connectivity index (χ1n) is 9.56. The molecular weight excluding hydrogens is 338 g/mol. The molecule has 3 rings (SSSR count). The van der Waals surface area contributed by atoms with Crippen LogP contribution < -0.4 is 10.1 Å². The molecule has 1 N–H and O–H groups in total. The van der Waals surface area contributed by atoms with Crippen molar-refractivity contribution in [1.82, 2.24) is 9.80 Å². The molecule has 1 fully saturated rings. The van der Waals surface area contributed by atoms with Gasteiger partial charge >= 0.3 is 6.03 Å². The van der Waals surface area contributed by atoms with Crippen molar-refractivity contribution in [1.29, 1.82) is 0 Å². The summed E-state index contributed by atoms with van der Waals surface area (Å²) in [6.45, 7) is 8.48. The van der Waals surface area contributed by atoms with E-state index < -0.39 is 0 Å². The van der Waals surface area contributed by atoms with Gasteiger partial charge in [0.05, 0.1) is 7.11 Å². The number of benzene rings is 2. The van der Waals surface area contributed by atoms with Crippen LogP contribution in [0.1, 0.15) is 30.9 Å². The van der Waals surface area contributed by atoms with Gasteiger partial charge < -0.3 is 15.0 Å². The lowest BCUT2D eigenvalue weighted by molar-refractivity contribution is 0.143. The highest BCUT2D eigenvalue weighted by Gasteiger charge is 2.21. The maximum Gasteiger partial charge on any atom is 0.321 e. The number of rotatable bonds is 5. The molecule has 27 heavy (non-hydrogen) atoms. The number of urea groups is 1. The number of nitrogens with one attached hydrogen (secondary N) is 1. The van der Waals surface area contributed by atoms with E-state index in [9.17, 15) is 4.79 Å². The van der Waals surface area contributed by atoms with Gasteiger partial charge in [0.25, 0.3) is 0 Å². The van der Waals surface area contributed by atoms with E-state index in [0.29, 0.717) is 5.92 Å². The number of ether oxygens (including phenoxy) is 1. The average Bonchev–Trinajstić information content (AvgIpc) is 2.69. The van der Waals surface area contributed by atoms with Crippen LogP contribution in [-0.2, 0) is 6.54 Å². The third kappa shape index (κ3) is 5.23. The fourth-order valence-electron chi connectivity index (χ4n) is 3.25. The molecule has 0 radical (unpaired) electrons. The molecule has 1 heterocycles. The van der Waals surface area contributed by atoms with Crippen LogP contribution in [0.5, 0.6) is 5.75 Å². The summed E-state index contributed by atoms with van der Waals surface area (Å²) < 4.78 is 5.20. The van der Waals surface area contributed by atoms with Crippen LogP contribution in [0.15, 0.2) is 48.5 Å². The fraction of sp³-hybridized carbons (Fsp3) is 0.409. The van der Waals surface area contributed by atoms with Gasteiger partial charge in [-0.3, -0.25) is 4.90 Å². The number of methoxy groups -OCH3 is 1. The summed E-state index contributed by atoms with van der Waals surface area (Å²) in [6.07, 6.45) is 0. The van der Waals surface area contributed by atoms with Crippen molar-refractivity contribution >= 4 is 11.7 Å². The molecule has 2 aromatic rings. The zero-order valence-electron chi connectivity index (χ0n) is 16.4. The van der Waals surface area contributed by atoms with Gasteiger partial charge in [0.2, 0.25) is 0 Å². The van der Waals surface area contributed by atoms with Gasteiger partial charge in [-0.15, -0.1) is 0 Å². The van der Waals surface area contributed by atoms with Crippen molar-refractivity contribution in [3.05, 3.63) is 59.7 Å². The van der Waals surface area contributed by atoms with Crippen LogP contribution >= 0.6 is 0 Å². The zero-order valence-corrected chi connectivity index (χ0v) is 16.4. The largest absolute Gasteiger partial charge is 0.497 e. The second kappa shape index (κ2) is 8.91. The van der Waals surface area contributed by atoms with Crippen molar-refractivity contribution in [3.8, 4) is 5.75 Å². The van der Waals surface area contributed by atoms with Crippen molar-refractivity contribution in [3.63, 3.8) is 0 Å². The molecule has 5 nitrogen and oxygen atoms in total. The van der Waals surface area contributed by atoms with Gasteiger partial charge in [0, 0.05) is 38.4 Å². The highest BCUT2D eigenvalue weighted by molar-refractivity contribution is 5.89. The highest BCUT2D eigenvalue weighted by Crippen LogP contribution is 2.18. The molecule has 0 saturated carbocycles. The van der Waals surface area contributed by atoms with E-state index in [-0.39, 0.29) is 6.03 Å². The summed E-state index contributed by atoms with van der Waals surface area (Å²) >= 11 is 0. The predicted octanol–water partition coefficient (Wildman–Crippen LogP) is 4.17. The number of piperazine rings is 1. The summed E-state index contributed by atoms with van der Waals surface area (Å²) in [4.78, 5) is 16.8. The first-order chi connectivity index (χ1) is 13.0. The summed E-state index contributed by atoms with van der Waals surface area (Å²) in [7, 11) is 1.68. The molecule has 2 aromatic carbocycles. The Morgan fingerprint density at radius 3 is 2.19 bits per heavy atom. The molecule has 0 bridgehead atoms. The quantitative estimate of drug-likeness (QED) is 0.863.